The molecule has 0 heterocycles. The Labute approximate surface area is 436 Å². The zero-order valence-corrected chi connectivity index (χ0v) is 47.0. The molecule has 70 heavy (non-hydrogen) atoms. The average Bonchev–Trinajstić information content (AvgIpc) is 3.34. The van der Waals surface area contributed by atoms with Crippen LogP contribution in [0.15, 0.2) is 0 Å². The van der Waals surface area contributed by atoms with Crippen LogP contribution in [0.1, 0.15) is 176 Å². The number of nitriles is 1. The zero-order valence-electron chi connectivity index (χ0n) is 44.5. The van der Waals surface area contributed by atoms with E-state index >= 15 is 0 Å². The zero-order chi connectivity index (χ0) is 53.7. The summed E-state index contributed by atoms with van der Waals surface area (Å²) in [5.41, 5.74) is 14.8. The molecule has 0 rings (SSSR count). The molecule has 2 unspecified atom stereocenters. The maximum atomic E-state index is 12.3. The molecular formula is C49H100N8O10S3. The number of carbonyl (C=O) groups is 6. The molecule has 0 aliphatic heterocycles. The van der Waals surface area contributed by atoms with E-state index in [9.17, 15) is 33.9 Å². The third-order valence-electron chi connectivity index (χ3n) is 9.44. The van der Waals surface area contributed by atoms with Gasteiger partial charge in [-0.15, -0.1) is 11.8 Å². The van der Waals surface area contributed by atoms with Gasteiger partial charge in [-0.1, -0.05) is 153 Å². The van der Waals surface area contributed by atoms with Gasteiger partial charge >= 0.3 is 5.97 Å². The molecule has 0 aromatic heterocycles. The maximum absolute atomic E-state index is 12.3. The van der Waals surface area contributed by atoms with E-state index in [0.29, 0.717) is 50.7 Å². The standard InChI is InChI=1S/C41H78N6O10S.C3H8.C2H6S2.C2H6.CH2N2/c1-2-3-4-5-6-7-8-9-10-11-12-13-14-15-16-20-37(49)47-35(41(53)54)21-22-36(48)45-24-26-55-28-29-57-32-38(50)46-25-27-56-30-31-58-33-39(51)44-23-18-17-19-34(42)40(43)52;1-3-2;1-3-4-2;1-2;2-1-3/h34-35H,2-33,42H2,1H3,(H2,43,52)(H,44,51)(H,45,48)(H,46,50)(H,47,49)(H,53,54);3H2,1-2H3;1-2H3;1-2H3;2H2. The third kappa shape index (κ3) is 69.3. The number of nitrogens with two attached hydrogens (primary N) is 3. The van der Waals surface area contributed by atoms with E-state index in [4.69, 9.17) is 30.9 Å². The van der Waals surface area contributed by atoms with Gasteiger partial charge in [0.2, 0.25) is 29.5 Å². The van der Waals surface area contributed by atoms with E-state index in [0.717, 1.165) is 32.1 Å². The second-order valence-corrected chi connectivity index (χ2v) is 19.5. The van der Waals surface area contributed by atoms with Gasteiger partial charge < -0.3 is 57.8 Å². The van der Waals surface area contributed by atoms with Crippen molar-refractivity contribution in [3.63, 3.8) is 0 Å². The largest absolute Gasteiger partial charge is 0.480 e. The first-order chi connectivity index (χ1) is 33.8. The molecule has 414 valence electrons. The number of rotatable bonds is 44. The van der Waals surface area contributed by atoms with Crippen molar-refractivity contribution in [2.45, 2.75) is 188 Å². The molecule has 2 atom stereocenters. The quantitative estimate of drug-likeness (QED) is 0.0129. The van der Waals surface area contributed by atoms with Gasteiger partial charge in [-0.25, -0.2) is 4.79 Å². The first-order valence-corrected chi connectivity index (χ1v) is 29.8. The summed E-state index contributed by atoms with van der Waals surface area (Å²) in [6.07, 6.45) is 27.3. The number of hydrogen-bond donors (Lipinski definition) is 8. The Morgan fingerprint density at radius 3 is 1.54 bits per heavy atom. The van der Waals surface area contributed by atoms with E-state index in [2.05, 4.69) is 60.3 Å². The van der Waals surface area contributed by atoms with Gasteiger partial charge in [-0.2, -0.15) is 5.26 Å². The molecule has 0 aromatic rings. The molecule has 0 radical (unpaired) electrons. The summed E-state index contributed by atoms with van der Waals surface area (Å²) in [5.74, 6) is -1.75. The molecule has 11 N–H and O–H groups in total. The van der Waals surface area contributed by atoms with Gasteiger partial charge in [0.1, 0.15) is 12.6 Å². The van der Waals surface area contributed by atoms with Gasteiger partial charge in [0.15, 0.2) is 6.19 Å². The fourth-order valence-corrected chi connectivity index (χ4v) is 6.47. The second-order valence-electron chi connectivity index (χ2n) is 15.8. The Bertz CT molecular complexity index is 1240. The molecule has 18 nitrogen and oxygen atoms in total. The number of ether oxygens (including phenoxy) is 3. The summed E-state index contributed by atoms with van der Waals surface area (Å²) < 4.78 is 16.2. The highest BCUT2D eigenvalue weighted by Gasteiger charge is 2.21. The van der Waals surface area contributed by atoms with Crippen molar-refractivity contribution in [2.24, 2.45) is 17.2 Å². The Morgan fingerprint density at radius 2 is 1.06 bits per heavy atom. The van der Waals surface area contributed by atoms with E-state index in [1.165, 1.54) is 95.0 Å². The van der Waals surface area contributed by atoms with Crippen molar-refractivity contribution < 1.29 is 48.1 Å². The monoisotopic (exact) mass is 1060 g/mol. The highest BCUT2D eigenvalue weighted by molar-refractivity contribution is 8.76. The number of amides is 5. The summed E-state index contributed by atoms with van der Waals surface area (Å²) in [6.45, 7) is 12.8. The lowest BCUT2D eigenvalue weighted by molar-refractivity contribution is -0.142. The summed E-state index contributed by atoms with van der Waals surface area (Å²) in [5, 5.41) is 27.3. The lowest BCUT2D eigenvalue weighted by atomic mass is 10.0. The Kier molecular flexibility index (Phi) is 71.6. The van der Waals surface area contributed by atoms with E-state index < -0.39 is 24.0 Å². The number of thioether (sulfide) groups is 1. The fourth-order valence-electron chi connectivity index (χ4n) is 5.80. The molecule has 0 aromatic carbocycles. The van der Waals surface area contributed by atoms with Crippen molar-refractivity contribution >= 4 is 68.9 Å². The topological polar surface area (TPSA) is 300 Å². The minimum absolute atomic E-state index is 0.00495. The molecule has 0 aliphatic rings. The number of nitrogens with one attached hydrogen (secondary N) is 4. The van der Waals surface area contributed by atoms with E-state index in [1.807, 2.05) is 13.8 Å². The minimum atomic E-state index is -1.16. The molecule has 21 heteroatoms. The number of hydrogen-bond acceptors (Lipinski definition) is 15. The number of aliphatic carboxylic acids is 1. The molecular weight excluding hydrogens is 957 g/mol. The van der Waals surface area contributed by atoms with Gasteiger partial charge in [0.25, 0.3) is 0 Å². The van der Waals surface area contributed by atoms with Gasteiger partial charge in [-0.3, -0.25) is 24.0 Å². The lowest BCUT2D eigenvalue weighted by Crippen LogP contribution is -2.41. The van der Waals surface area contributed by atoms with Crippen molar-refractivity contribution in [1.82, 2.24) is 21.3 Å². The molecule has 0 saturated heterocycles. The number of nitrogens with zero attached hydrogens (tertiary/aromatic N) is 1. The van der Waals surface area contributed by atoms with Crippen molar-refractivity contribution in [3.05, 3.63) is 0 Å². The summed E-state index contributed by atoms with van der Waals surface area (Å²) in [6, 6.07) is -1.77. The second kappa shape index (κ2) is 66.0. The van der Waals surface area contributed by atoms with E-state index in [-0.39, 0.29) is 75.9 Å². The van der Waals surface area contributed by atoms with Crippen LogP contribution in [0.2, 0.25) is 0 Å². The fraction of sp³-hybridized carbons (Fsp3) is 0.857. The highest BCUT2D eigenvalue weighted by Crippen LogP contribution is 2.14. The summed E-state index contributed by atoms with van der Waals surface area (Å²) >= 11 is 1.44. The van der Waals surface area contributed by atoms with Crippen molar-refractivity contribution in [3.8, 4) is 6.19 Å². The first-order valence-electron chi connectivity index (χ1n) is 25.7. The smallest absolute Gasteiger partial charge is 0.326 e. The highest BCUT2D eigenvalue weighted by atomic mass is 33.1. The van der Waals surface area contributed by atoms with Crippen LogP contribution in [0.3, 0.4) is 0 Å². The summed E-state index contributed by atoms with van der Waals surface area (Å²) in [4.78, 5) is 70.8. The van der Waals surface area contributed by atoms with Crippen molar-refractivity contribution in [1.29, 1.82) is 5.26 Å². The molecule has 0 spiro atoms. The van der Waals surface area contributed by atoms with Crippen LogP contribution in [0.5, 0.6) is 0 Å². The van der Waals surface area contributed by atoms with Crippen molar-refractivity contribution in [2.75, 3.05) is 83.3 Å². The van der Waals surface area contributed by atoms with Crippen LogP contribution in [-0.2, 0) is 43.0 Å². The van der Waals surface area contributed by atoms with Crippen LogP contribution in [0, 0.1) is 11.5 Å². The molecule has 0 bridgehead atoms. The maximum Gasteiger partial charge on any atom is 0.326 e. The number of primary amides is 1. The van der Waals surface area contributed by atoms with Gasteiger partial charge in [0, 0.05) is 38.2 Å². The van der Waals surface area contributed by atoms with Crippen LogP contribution in [0.4, 0.5) is 0 Å². The van der Waals surface area contributed by atoms with Crippen LogP contribution >= 0.6 is 33.3 Å². The molecule has 0 saturated carbocycles. The van der Waals surface area contributed by atoms with Gasteiger partial charge in [-0.05, 0) is 44.6 Å². The third-order valence-corrected chi connectivity index (χ3v) is 11.7. The average molecular weight is 1060 g/mol. The lowest BCUT2D eigenvalue weighted by Gasteiger charge is -2.14. The van der Waals surface area contributed by atoms with Gasteiger partial charge in [0.05, 0.1) is 44.8 Å². The number of unbranched alkanes of at least 4 members (excludes halogenated alkanes) is 15. The molecule has 0 aliphatic carbocycles. The Morgan fingerprint density at radius 1 is 0.600 bits per heavy atom. The van der Waals surface area contributed by atoms with Crippen LogP contribution in [-0.4, -0.2) is 136 Å². The molecule has 0 fully saturated rings. The minimum Gasteiger partial charge on any atom is -0.480 e. The number of carboxylic acid groups (broad SMARTS) is 1. The normalized spacial score (nSPS) is 10.9. The van der Waals surface area contributed by atoms with Crippen LogP contribution < -0.4 is 38.5 Å². The predicted molar refractivity (Wildman–Crippen MR) is 292 cm³/mol. The SMILES string of the molecule is CC.CCC.CCCCCCCCCCCCCCCCCC(=O)NC(CCC(=O)NCCOCCOCC(=O)NCCOCCSCC(=O)NCCCCC(N)C(N)=O)C(=O)O.CSSC.N#CN. The number of carbonyl (C=O) groups excluding carboxylic acids is 5. The number of carboxylic acids is 1. The Hall–Kier alpha value is -3.00. The van der Waals surface area contributed by atoms with Crippen LogP contribution in [0.25, 0.3) is 0 Å². The Balaban J connectivity index is -0.00000106. The first kappa shape index (κ1) is 75.9. The summed E-state index contributed by atoms with van der Waals surface area (Å²) in [7, 11) is 3.55. The van der Waals surface area contributed by atoms with E-state index in [1.54, 1.807) is 21.6 Å². The molecule has 5 amide bonds. The predicted octanol–water partition coefficient (Wildman–Crippen LogP) is 7.21.